The largest absolute Gasteiger partial charge is 0.306 e. The number of rotatable bonds is 7. The first-order valence-corrected chi connectivity index (χ1v) is 8.73. The minimum atomic E-state index is 0.635. The fourth-order valence-corrected chi connectivity index (χ4v) is 2.94. The Morgan fingerprint density at radius 3 is 2.48 bits per heavy atom. The quantitative estimate of drug-likeness (QED) is 0.595. The highest BCUT2D eigenvalue weighted by atomic mass is 35.5. The van der Waals surface area contributed by atoms with Gasteiger partial charge in [-0.25, -0.2) is 4.68 Å². The Kier molecular flexibility index (Phi) is 6.09. The average molecular weight is 373 g/mol. The van der Waals surface area contributed by atoms with Crippen LogP contribution in [0.3, 0.4) is 0 Å². The molecule has 0 unspecified atom stereocenters. The molecule has 3 aromatic rings. The van der Waals surface area contributed by atoms with Crippen molar-refractivity contribution in [3.05, 3.63) is 88.4 Å². The lowest BCUT2D eigenvalue weighted by Crippen LogP contribution is -2.33. The SMILES string of the molecule is Clc1ccc(CN(CC/C=C/c2ccccc2)n2cnnc2)c(Cl)c1. The number of aromatic nitrogens is 3. The first kappa shape index (κ1) is 17.5. The van der Waals surface area contributed by atoms with Gasteiger partial charge < -0.3 is 5.01 Å². The second kappa shape index (κ2) is 8.70. The van der Waals surface area contributed by atoms with Crippen molar-refractivity contribution in [2.24, 2.45) is 0 Å². The predicted octanol–water partition coefficient (Wildman–Crippen LogP) is 4.83. The minimum Gasteiger partial charge on any atom is -0.306 e. The molecule has 0 atom stereocenters. The molecule has 6 heteroatoms. The van der Waals surface area contributed by atoms with Crippen LogP contribution in [0.5, 0.6) is 0 Å². The summed E-state index contributed by atoms with van der Waals surface area (Å²) in [6, 6.07) is 15.8. The van der Waals surface area contributed by atoms with E-state index < -0.39 is 0 Å². The van der Waals surface area contributed by atoms with Gasteiger partial charge in [0, 0.05) is 16.6 Å². The van der Waals surface area contributed by atoms with Gasteiger partial charge in [-0.2, -0.15) is 0 Å². The van der Waals surface area contributed by atoms with E-state index in [4.69, 9.17) is 23.2 Å². The molecule has 0 saturated heterocycles. The molecule has 2 aromatic carbocycles. The molecule has 1 aromatic heterocycles. The van der Waals surface area contributed by atoms with Crippen molar-refractivity contribution in [3.8, 4) is 0 Å². The highest BCUT2D eigenvalue weighted by Gasteiger charge is 2.09. The second-order valence-corrected chi connectivity index (χ2v) is 6.41. The molecule has 0 bridgehead atoms. The molecule has 0 aliphatic rings. The smallest absolute Gasteiger partial charge is 0.139 e. The Morgan fingerprint density at radius 2 is 1.76 bits per heavy atom. The van der Waals surface area contributed by atoms with E-state index in [0.29, 0.717) is 16.6 Å². The summed E-state index contributed by atoms with van der Waals surface area (Å²) >= 11 is 12.3. The lowest BCUT2D eigenvalue weighted by molar-refractivity contribution is 0.580. The molecule has 25 heavy (non-hydrogen) atoms. The van der Waals surface area contributed by atoms with Gasteiger partial charge in [0.25, 0.3) is 0 Å². The van der Waals surface area contributed by atoms with Gasteiger partial charge >= 0.3 is 0 Å². The Bertz CT molecular complexity index is 817. The number of benzene rings is 2. The van der Waals surface area contributed by atoms with Crippen LogP contribution in [0.1, 0.15) is 17.5 Å². The molecule has 0 N–H and O–H groups in total. The van der Waals surface area contributed by atoms with E-state index in [2.05, 4.69) is 39.5 Å². The Labute approximate surface area is 157 Å². The van der Waals surface area contributed by atoms with Crippen LogP contribution in [0, 0.1) is 0 Å². The van der Waals surface area contributed by atoms with Crippen molar-refractivity contribution < 1.29 is 0 Å². The molecule has 4 nitrogen and oxygen atoms in total. The van der Waals surface area contributed by atoms with Crippen LogP contribution >= 0.6 is 23.2 Å². The van der Waals surface area contributed by atoms with Gasteiger partial charge in [0.1, 0.15) is 12.7 Å². The van der Waals surface area contributed by atoms with Crippen LogP contribution in [-0.4, -0.2) is 21.4 Å². The van der Waals surface area contributed by atoms with Gasteiger partial charge in [0.15, 0.2) is 0 Å². The van der Waals surface area contributed by atoms with Crippen molar-refractivity contribution in [2.75, 3.05) is 11.6 Å². The zero-order chi connectivity index (χ0) is 17.5. The number of nitrogens with zero attached hydrogens (tertiary/aromatic N) is 4. The van der Waals surface area contributed by atoms with Crippen molar-refractivity contribution in [3.63, 3.8) is 0 Å². The monoisotopic (exact) mass is 372 g/mol. The maximum absolute atomic E-state index is 6.31. The van der Waals surface area contributed by atoms with Crippen molar-refractivity contribution in [1.29, 1.82) is 0 Å². The highest BCUT2D eigenvalue weighted by Crippen LogP contribution is 2.22. The lowest BCUT2D eigenvalue weighted by Gasteiger charge is -2.25. The predicted molar refractivity (Wildman–Crippen MR) is 103 cm³/mol. The van der Waals surface area contributed by atoms with Crippen LogP contribution in [0.4, 0.5) is 0 Å². The topological polar surface area (TPSA) is 34.0 Å². The standard InChI is InChI=1S/C19H18Cl2N4/c20-18-10-9-17(19(21)12-18)13-24(25-14-22-23-15-25)11-5-4-8-16-6-2-1-3-7-16/h1-4,6-10,12,14-15H,5,11,13H2/b8-4+. The molecular formula is C19H18Cl2N4. The van der Waals surface area contributed by atoms with Gasteiger partial charge in [-0.15, -0.1) is 10.2 Å². The van der Waals surface area contributed by atoms with E-state index in [-0.39, 0.29) is 0 Å². The van der Waals surface area contributed by atoms with Gasteiger partial charge in [-0.3, -0.25) is 0 Å². The van der Waals surface area contributed by atoms with E-state index in [1.54, 1.807) is 18.7 Å². The zero-order valence-corrected chi connectivity index (χ0v) is 15.1. The molecule has 0 aliphatic heterocycles. The fourth-order valence-electron chi connectivity index (χ4n) is 2.47. The molecule has 1 heterocycles. The summed E-state index contributed by atoms with van der Waals surface area (Å²) in [5.41, 5.74) is 2.20. The minimum absolute atomic E-state index is 0.635. The maximum Gasteiger partial charge on any atom is 0.139 e. The van der Waals surface area contributed by atoms with E-state index >= 15 is 0 Å². The summed E-state index contributed by atoms with van der Waals surface area (Å²) in [7, 11) is 0. The highest BCUT2D eigenvalue weighted by molar-refractivity contribution is 6.35. The third kappa shape index (κ3) is 5.08. The third-order valence-electron chi connectivity index (χ3n) is 3.76. The fraction of sp³-hybridized carbons (Fsp3) is 0.158. The summed E-state index contributed by atoms with van der Waals surface area (Å²) in [5, 5.41) is 11.2. The molecule has 0 radical (unpaired) electrons. The molecular weight excluding hydrogens is 355 g/mol. The molecule has 128 valence electrons. The molecule has 0 amide bonds. The van der Waals surface area contributed by atoms with Crippen LogP contribution < -0.4 is 5.01 Å². The molecule has 0 saturated carbocycles. The Morgan fingerprint density at radius 1 is 1.00 bits per heavy atom. The lowest BCUT2D eigenvalue weighted by atomic mass is 10.2. The summed E-state index contributed by atoms with van der Waals surface area (Å²) in [5.74, 6) is 0. The number of halogens is 2. The molecule has 3 rings (SSSR count). The van der Waals surface area contributed by atoms with E-state index in [9.17, 15) is 0 Å². The third-order valence-corrected chi connectivity index (χ3v) is 4.35. The average Bonchev–Trinajstić information content (AvgIpc) is 3.15. The summed E-state index contributed by atoms with van der Waals surface area (Å²) in [6.45, 7) is 1.45. The summed E-state index contributed by atoms with van der Waals surface area (Å²) in [4.78, 5) is 0. The van der Waals surface area contributed by atoms with Gasteiger partial charge in [0.2, 0.25) is 0 Å². The van der Waals surface area contributed by atoms with Crippen LogP contribution in [-0.2, 0) is 6.54 Å². The van der Waals surface area contributed by atoms with E-state index in [1.165, 1.54) is 5.56 Å². The first-order chi connectivity index (χ1) is 12.2. The zero-order valence-electron chi connectivity index (χ0n) is 13.6. The molecule has 0 fully saturated rings. The normalized spacial score (nSPS) is 11.1. The second-order valence-electron chi connectivity index (χ2n) is 5.57. The summed E-state index contributed by atoms with van der Waals surface area (Å²) < 4.78 is 1.88. The Hall–Kier alpha value is -2.30. The molecule has 0 spiro atoms. The van der Waals surface area contributed by atoms with Crippen LogP contribution in [0.25, 0.3) is 6.08 Å². The van der Waals surface area contributed by atoms with Crippen molar-refractivity contribution >= 4 is 29.3 Å². The van der Waals surface area contributed by atoms with Crippen LogP contribution in [0.15, 0.2) is 67.3 Å². The van der Waals surface area contributed by atoms with Gasteiger partial charge in [0.05, 0.1) is 6.54 Å². The van der Waals surface area contributed by atoms with Crippen molar-refractivity contribution in [1.82, 2.24) is 14.9 Å². The van der Waals surface area contributed by atoms with E-state index in [1.807, 2.05) is 35.0 Å². The van der Waals surface area contributed by atoms with Gasteiger partial charge in [-0.1, -0.05) is 71.8 Å². The number of hydrogen-bond donors (Lipinski definition) is 0. The van der Waals surface area contributed by atoms with E-state index in [0.717, 1.165) is 18.5 Å². The Balaban J connectivity index is 1.67. The maximum atomic E-state index is 6.31. The van der Waals surface area contributed by atoms with Crippen molar-refractivity contribution in [2.45, 2.75) is 13.0 Å². The first-order valence-electron chi connectivity index (χ1n) is 7.98. The van der Waals surface area contributed by atoms with Crippen LogP contribution in [0.2, 0.25) is 10.0 Å². The number of hydrogen-bond acceptors (Lipinski definition) is 3. The molecule has 0 aliphatic carbocycles. The van der Waals surface area contributed by atoms with Gasteiger partial charge in [-0.05, 0) is 29.7 Å². The summed E-state index contributed by atoms with van der Waals surface area (Å²) in [6.07, 6.45) is 8.55.